The minimum atomic E-state index is 0.167. The van der Waals surface area contributed by atoms with Crippen molar-refractivity contribution in [2.24, 2.45) is 5.73 Å². The SMILES string of the molecule is Cc1ccc2c(c1)CCC2C1(N)CC1. The molecule has 0 bridgehead atoms. The first kappa shape index (κ1) is 8.49. The Morgan fingerprint density at radius 3 is 2.86 bits per heavy atom. The summed E-state index contributed by atoms with van der Waals surface area (Å²) in [4.78, 5) is 0. The summed E-state index contributed by atoms with van der Waals surface area (Å²) in [6.45, 7) is 2.17. The fraction of sp³-hybridized carbons (Fsp3) is 0.538. The third-order valence-corrected chi connectivity index (χ3v) is 3.90. The van der Waals surface area contributed by atoms with Gasteiger partial charge in [0.2, 0.25) is 0 Å². The van der Waals surface area contributed by atoms with Gasteiger partial charge in [0.25, 0.3) is 0 Å². The van der Waals surface area contributed by atoms with Crippen LogP contribution >= 0.6 is 0 Å². The Hall–Kier alpha value is -0.820. The number of nitrogens with two attached hydrogens (primary N) is 1. The summed E-state index contributed by atoms with van der Waals surface area (Å²) in [5.74, 6) is 0.651. The Kier molecular flexibility index (Phi) is 1.58. The normalized spacial score (nSPS) is 27.4. The van der Waals surface area contributed by atoms with Crippen LogP contribution in [-0.2, 0) is 6.42 Å². The Labute approximate surface area is 85.3 Å². The van der Waals surface area contributed by atoms with E-state index in [1.807, 2.05) is 0 Å². The molecule has 1 aromatic carbocycles. The van der Waals surface area contributed by atoms with Gasteiger partial charge in [0.05, 0.1) is 0 Å². The van der Waals surface area contributed by atoms with E-state index in [1.165, 1.54) is 36.8 Å². The molecule has 1 fully saturated rings. The molecule has 0 saturated heterocycles. The van der Waals surface area contributed by atoms with Gasteiger partial charge in [0, 0.05) is 11.5 Å². The highest BCUT2D eigenvalue weighted by Crippen LogP contribution is 2.51. The largest absolute Gasteiger partial charge is 0.325 e. The molecule has 2 aliphatic rings. The summed E-state index contributed by atoms with van der Waals surface area (Å²) >= 11 is 0. The van der Waals surface area contributed by atoms with Crippen LogP contribution in [0.15, 0.2) is 18.2 Å². The number of fused-ring (bicyclic) bond motifs is 1. The highest BCUT2D eigenvalue weighted by Gasteiger charge is 2.48. The number of hydrogen-bond donors (Lipinski definition) is 1. The molecule has 3 rings (SSSR count). The molecule has 0 amide bonds. The molecule has 2 aliphatic carbocycles. The van der Waals surface area contributed by atoms with Gasteiger partial charge in [-0.2, -0.15) is 0 Å². The summed E-state index contributed by atoms with van der Waals surface area (Å²) in [5, 5.41) is 0. The molecule has 2 N–H and O–H groups in total. The molecule has 1 saturated carbocycles. The predicted molar refractivity (Wildman–Crippen MR) is 58.4 cm³/mol. The van der Waals surface area contributed by atoms with Gasteiger partial charge in [0.1, 0.15) is 0 Å². The molecule has 1 nitrogen and oxygen atoms in total. The van der Waals surface area contributed by atoms with Gasteiger partial charge in [-0.05, 0) is 43.7 Å². The average Bonchev–Trinajstić information content (AvgIpc) is 2.77. The molecule has 1 aromatic rings. The molecule has 0 spiro atoms. The second-order valence-electron chi connectivity index (χ2n) is 5.03. The molecule has 74 valence electrons. The number of aryl methyl sites for hydroxylation is 2. The number of hydrogen-bond acceptors (Lipinski definition) is 1. The Balaban J connectivity index is 2.02. The van der Waals surface area contributed by atoms with Gasteiger partial charge < -0.3 is 5.73 Å². The first-order valence-corrected chi connectivity index (χ1v) is 5.57. The Morgan fingerprint density at radius 1 is 1.36 bits per heavy atom. The van der Waals surface area contributed by atoms with Crippen molar-refractivity contribution in [1.29, 1.82) is 0 Å². The van der Waals surface area contributed by atoms with Crippen molar-refractivity contribution in [1.82, 2.24) is 0 Å². The number of benzene rings is 1. The summed E-state index contributed by atoms with van der Waals surface area (Å²) in [6.07, 6.45) is 4.96. The highest BCUT2D eigenvalue weighted by atomic mass is 14.8. The van der Waals surface area contributed by atoms with Crippen molar-refractivity contribution >= 4 is 0 Å². The van der Waals surface area contributed by atoms with E-state index in [-0.39, 0.29) is 5.54 Å². The van der Waals surface area contributed by atoms with E-state index in [9.17, 15) is 0 Å². The zero-order valence-electron chi connectivity index (χ0n) is 8.72. The topological polar surface area (TPSA) is 26.0 Å². The van der Waals surface area contributed by atoms with Crippen LogP contribution < -0.4 is 5.73 Å². The van der Waals surface area contributed by atoms with Crippen LogP contribution in [0.25, 0.3) is 0 Å². The van der Waals surface area contributed by atoms with E-state index in [2.05, 4.69) is 25.1 Å². The highest BCUT2D eigenvalue weighted by molar-refractivity contribution is 5.41. The fourth-order valence-electron chi connectivity index (χ4n) is 2.84. The Morgan fingerprint density at radius 2 is 2.14 bits per heavy atom. The summed E-state index contributed by atoms with van der Waals surface area (Å²) in [6, 6.07) is 6.86. The van der Waals surface area contributed by atoms with E-state index < -0.39 is 0 Å². The third kappa shape index (κ3) is 1.12. The van der Waals surface area contributed by atoms with Crippen LogP contribution in [0.5, 0.6) is 0 Å². The molecule has 1 atom stereocenters. The second kappa shape index (κ2) is 2.60. The van der Waals surface area contributed by atoms with Gasteiger partial charge in [0.15, 0.2) is 0 Å². The first-order chi connectivity index (χ1) is 6.69. The molecule has 14 heavy (non-hydrogen) atoms. The van der Waals surface area contributed by atoms with Gasteiger partial charge in [-0.1, -0.05) is 23.8 Å². The lowest BCUT2D eigenvalue weighted by molar-refractivity contribution is 0.516. The van der Waals surface area contributed by atoms with Gasteiger partial charge in [-0.25, -0.2) is 0 Å². The second-order valence-corrected chi connectivity index (χ2v) is 5.03. The Bertz CT molecular complexity index is 377. The molecule has 0 heterocycles. The lowest BCUT2D eigenvalue weighted by atomic mass is 9.91. The minimum Gasteiger partial charge on any atom is -0.325 e. The van der Waals surface area contributed by atoms with Crippen molar-refractivity contribution in [3.8, 4) is 0 Å². The lowest BCUT2D eigenvalue weighted by Gasteiger charge is -2.19. The summed E-state index contributed by atoms with van der Waals surface area (Å²) in [5.41, 5.74) is 10.9. The molecule has 1 heteroatoms. The van der Waals surface area contributed by atoms with Crippen LogP contribution in [0.2, 0.25) is 0 Å². The molecule has 1 unspecified atom stereocenters. The molecule has 0 radical (unpaired) electrons. The van der Waals surface area contributed by atoms with E-state index in [0.29, 0.717) is 5.92 Å². The zero-order valence-corrected chi connectivity index (χ0v) is 8.72. The van der Waals surface area contributed by atoms with Gasteiger partial charge >= 0.3 is 0 Å². The maximum atomic E-state index is 6.30. The third-order valence-electron chi connectivity index (χ3n) is 3.90. The van der Waals surface area contributed by atoms with Crippen molar-refractivity contribution in [2.45, 2.75) is 44.1 Å². The summed E-state index contributed by atoms with van der Waals surface area (Å²) < 4.78 is 0. The molecule has 0 aliphatic heterocycles. The smallest absolute Gasteiger partial charge is 0.0225 e. The quantitative estimate of drug-likeness (QED) is 0.718. The van der Waals surface area contributed by atoms with E-state index in [0.717, 1.165) is 0 Å². The van der Waals surface area contributed by atoms with Crippen molar-refractivity contribution in [3.63, 3.8) is 0 Å². The predicted octanol–water partition coefficient (Wildman–Crippen LogP) is 2.52. The monoisotopic (exact) mass is 187 g/mol. The van der Waals surface area contributed by atoms with E-state index in [4.69, 9.17) is 5.73 Å². The minimum absolute atomic E-state index is 0.167. The van der Waals surface area contributed by atoms with Crippen molar-refractivity contribution in [2.75, 3.05) is 0 Å². The molecular weight excluding hydrogens is 170 g/mol. The maximum Gasteiger partial charge on any atom is 0.0225 e. The van der Waals surface area contributed by atoms with Crippen LogP contribution in [0.3, 0.4) is 0 Å². The van der Waals surface area contributed by atoms with Crippen LogP contribution in [0.1, 0.15) is 41.9 Å². The van der Waals surface area contributed by atoms with Crippen LogP contribution in [-0.4, -0.2) is 5.54 Å². The molecule has 0 aromatic heterocycles. The van der Waals surface area contributed by atoms with Crippen molar-refractivity contribution < 1.29 is 0 Å². The lowest BCUT2D eigenvalue weighted by Crippen LogP contribution is -2.29. The summed E-state index contributed by atoms with van der Waals surface area (Å²) in [7, 11) is 0. The van der Waals surface area contributed by atoms with E-state index in [1.54, 1.807) is 5.56 Å². The van der Waals surface area contributed by atoms with Crippen LogP contribution in [0.4, 0.5) is 0 Å². The van der Waals surface area contributed by atoms with Crippen molar-refractivity contribution in [3.05, 3.63) is 34.9 Å². The van der Waals surface area contributed by atoms with Crippen LogP contribution in [0, 0.1) is 6.92 Å². The number of rotatable bonds is 1. The van der Waals surface area contributed by atoms with Gasteiger partial charge in [-0.15, -0.1) is 0 Å². The molecular formula is C13H17N. The first-order valence-electron chi connectivity index (χ1n) is 5.57. The van der Waals surface area contributed by atoms with Gasteiger partial charge in [-0.3, -0.25) is 0 Å². The average molecular weight is 187 g/mol. The fourth-order valence-corrected chi connectivity index (χ4v) is 2.84. The maximum absolute atomic E-state index is 6.30. The zero-order chi connectivity index (χ0) is 9.76. The van der Waals surface area contributed by atoms with E-state index >= 15 is 0 Å². The standard InChI is InChI=1S/C13H17N/c1-9-2-4-11-10(8-9)3-5-12(11)13(14)6-7-13/h2,4,8,12H,3,5-7,14H2,1H3.